The lowest BCUT2D eigenvalue weighted by Crippen LogP contribution is -2.40. The Morgan fingerprint density at radius 3 is 2.78 bits per heavy atom. The van der Waals surface area contributed by atoms with Gasteiger partial charge in [0.1, 0.15) is 22.4 Å². The molecule has 0 spiro atoms. The van der Waals surface area contributed by atoms with Crippen molar-refractivity contribution < 1.29 is 18.1 Å². The van der Waals surface area contributed by atoms with E-state index in [4.69, 9.17) is 16.1 Å². The highest BCUT2D eigenvalue weighted by atomic mass is 35.5. The number of hydrogen-bond acceptors (Lipinski definition) is 6. The van der Waals surface area contributed by atoms with E-state index in [1.807, 2.05) is 13.1 Å². The third-order valence-corrected chi connectivity index (χ3v) is 5.22. The highest BCUT2D eigenvalue weighted by molar-refractivity contribution is 6.29. The number of carbonyl (C=O) groups excluding carboxylic acids is 1. The van der Waals surface area contributed by atoms with Crippen LogP contribution in [0, 0.1) is 11.6 Å². The molecule has 11 heteroatoms. The highest BCUT2D eigenvalue weighted by Crippen LogP contribution is 2.31. The van der Waals surface area contributed by atoms with Crippen LogP contribution in [0.15, 0.2) is 53.4 Å². The average molecular weight is 459 g/mol. The average Bonchev–Trinajstić information content (AvgIpc) is 3.41. The van der Waals surface area contributed by atoms with Crippen molar-refractivity contribution in [2.75, 3.05) is 6.54 Å². The van der Waals surface area contributed by atoms with Gasteiger partial charge in [0.25, 0.3) is 5.91 Å². The Morgan fingerprint density at radius 1 is 1.28 bits per heavy atom. The van der Waals surface area contributed by atoms with Crippen molar-refractivity contribution in [1.82, 2.24) is 30.2 Å². The molecule has 0 aliphatic heterocycles. The van der Waals surface area contributed by atoms with Crippen LogP contribution in [0.25, 0.3) is 11.4 Å². The fourth-order valence-corrected chi connectivity index (χ4v) is 3.37. The van der Waals surface area contributed by atoms with Gasteiger partial charge in [0.15, 0.2) is 5.82 Å². The van der Waals surface area contributed by atoms with Gasteiger partial charge < -0.3 is 9.84 Å². The number of aryl methyl sites for hydroxylation is 1. The zero-order valence-electron chi connectivity index (χ0n) is 17.0. The molecule has 8 nitrogen and oxygen atoms in total. The molecule has 0 aromatic carbocycles. The smallest absolute Gasteiger partial charge is 0.289 e. The molecule has 0 aliphatic rings. The largest absolute Gasteiger partial charge is 0.350 e. The van der Waals surface area contributed by atoms with Crippen molar-refractivity contribution in [3.05, 3.63) is 82.7 Å². The third kappa shape index (κ3) is 4.22. The topological polar surface area (TPSA) is 98.7 Å². The molecule has 32 heavy (non-hydrogen) atoms. The predicted octanol–water partition coefficient (Wildman–Crippen LogP) is 3.53. The first-order chi connectivity index (χ1) is 15.3. The number of rotatable bonds is 6. The number of aromatic nitrogens is 5. The Kier molecular flexibility index (Phi) is 5.70. The molecule has 4 heterocycles. The van der Waals surface area contributed by atoms with Gasteiger partial charge in [0.05, 0.1) is 23.5 Å². The molecule has 0 aliphatic carbocycles. The fraction of sp³-hybridized carbons (Fsp3) is 0.190. The van der Waals surface area contributed by atoms with E-state index in [2.05, 4.69) is 25.5 Å². The van der Waals surface area contributed by atoms with Crippen LogP contribution < -0.4 is 5.32 Å². The summed E-state index contributed by atoms with van der Waals surface area (Å²) in [6.07, 6.45) is 4.36. The molecule has 164 valence electrons. The number of hydrogen-bond donors (Lipinski definition) is 1. The third-order valence-electron chi connectivity index (χ3n) is 5.01. The van der Waals surface area contributed by atoms with Crippen molar-refractivity contribution >= 4 is 17.5 Å². The van der Waals surface area contributed by atoms with Crippen LogP contribution in [0.5, 0.6) is 0 Å². The molecule has 1 N–H and O–H groups in total. The summed E-state index contributed by atoms with van der Waals surface area (Å²) in [7, 11) is 1.78. The van der Waals surface area contributed by atoms with Gasteiger partial charge in [0.2, 0.25) is 5.76 Å². The lowest BCUT2D eigenvalue weighted by Gasteiger charge is -2.28. The second kappa shape index (κ2) is 8.46. The summed E-state index contributed by atoms with van der Waals surface area (Å²) in [5.41, 5.74) is 0.430. The molecule has 4 rings (SSSR count). The van der Waals surface area contributed by atoms with Crippen LogP contribution in [0.2, 0.25) is 5.15 Å². The molecule has 1 unspecified atom stereocenters. The highest BCUT2D eigenvalue weighted by Gasteiger charge is 2.33. The maximum Gasteiger partial charge on any atom is 0.289 e. The monoisotopic (exact) mass is 458 g/mol. The first kappa shape index (κ1) is 21.6. The van der Waals surface area contributed by atoms with Gasteiger partial charge in [-0.15, -0.1) is 0 Å². The molecular formula is C21H17ClF2N6O2. The van der Waals surface area contributed by atoms with Crippen molar-refractivity contribution in [3.63, 3.8) is 0 Å². The maximum atomic E-state index is 14.0. The number of halogens is 3. The zero-order valence-corrected chi connectivity index (χ0v) is 17.8. The molecule has 0 radical (unpaired) electrons. The molecule has 0 saturated carbocycles. The van der Waals surface area contributed by atoms with E-state index in [-0.39, 0.29) is 23.7 Å². The number of nitrogens with one attached hydrogen (secondary N) is 1. The van der Waals surface area contributed by atoms with Crippen LogP contribution in [-0.2, 0) is 12.5 Å². The van der Waals surface area contributed by atoms with Gasteiger partial charge in [-0.3, -0.25) is 9.48 Å². The molecule has 1 atom stereocenters. The van der Waals surface area contributed by atoms with Gasteiger partial charge in [-0.2, -0.15) is 5.10 Å². The minimum absolute atomic E-state index is 0.0285. The van der Waals surface area contributed by atoms with Crippen LogP contribution in [0.3, 0.4) is 0 Å². The van der Waals surface area contributed by atoms with Gasteiger partial charge in [-0.05, 0) is 19.1 Å². The van der Waals surface area contributed by atoms with Crippen LogP contribution in [0.4, 0.5) is 8.78 Å². The minimum Gasteiger partial charge on any atom is -0.350 e. The Bertz CT molecular complexity index is 1290. The lowest BCUT2D eigenvalue weighted by molar-refractivity contribution is 0.0910. The summed E-state index contributed by atoms with van der Waals surface area (Å²) in [6.45, 7) is 2.02. The summed E-state index contributed by atoms with van der Waals surface area (Å²) in [5, 5.41) is 11.0. The molecule has 0 bridgehead atoms. The van der Waals surface area contributed by atoms with Crippen molar-refractivity contribution in [2.24, 2.45) is 7.05 Å². The normalized spacial score (nSPS) is 13.0. The standard InChI is InChI=1S/C21H17ClF2N6O2/c1-21(12-8-27-30(2)10-12,17-4-3-5-18(22)28-17)11-26-20(31)16-7-15(29-32-16)19-14(24)6-13(23)9-25-19/h3-10H,11H2,1-2H3,(H,26,31). The Balaban J connectivity index is 1.58. The van der Waals surface area contributed by atoms with E-state index < -0.39 is 23.0 Å². The van der Waals surface area contributed by atoms with Gasteiger partial charge in [-0.25, -0.2) is 18.7 Å². The second-order valence-corrected chi connectivity index (χ2v) is 7.71. The van der Waals surface area contributed by atoms with E-state index >= 15 is 0 Å². The number of pyridine rings is 2. The van der Waals surface area contributed by atoms with E-state index in [1.54, 1.807) is 36.1 Å². The fourth-order valence-electron chi connectivity index (χ4n) is 3.20. The quantitative estimate of drug-likeness (QED) is 0.444. The van der Waals surface area contributed by atoms with Gasteiger partial charge in [0, 0.05) is 37.5 Å². The Labute approximate surface area is 186 Å². The van der Waals surface area contributed by atoms with E-state index in [0.29, 0.717) is 16.9 Å². The summed E-state index contributed by atoms with van der Waals surface area (Å²) in [4.78, 5) is 20.8. The summed E-state index contributed by atoms with van der Waals surface area (Å²) < 4.78 is 33.7. The van der Waals surface area contributed by atoms with Crippen molar-refractivity contribution in [2.45, 2.75) is 12.3 Å². The predicted molar refractivity (Wildman–Crippen MR) is 111 cm³/mol. The van der Waals surface area contributed by atoms with E-state index in [0.717, 1.165) is 11.8 Å². The van der Waals surface area contributed by atoms with E-state index in [1.165, 1.54) is 6.07 Å². The molecule has 0 fully saturated rings. The SMILES string of the molecule is Cn1cc(C(C)(CNC(=O)c2cc(-c3ncc(F)cc3F)no2)c2cccc(Cl)n2)cn1. The zero-order chi connectivity index (χ0) is 22.9. The Hall–Kier alpha value is -3.66. The first-order valence-corrected chi connectivity index (χ1v) is 9.82. The number of amides is 1. The number of nitrogens with zero attached hydrogens (tertiary/aromatic N) is 5. The molecule has 0 saturated heterocycles. The maximum absolute atomic E-state index is 14.0. The summed E-state index contributed by atoms with van der Waals surface area (Å²) in [5.74, 6) is -2.47. The molecule has 4 aromatic heterocycles. The van der Waals surface area contributed by atoms with Crippen LogP contribution in [0.1, 0.15) is 28.7 Å². The van der Waals surface area contributed by atoms with Crippen LogP contribution in [-0.4, -0.2) is 37.4 Å². The molecule has 1 amide bonds. The summed E-state index contributed by atoms with van der Waals surface area (Å²) in [6, 6.07) is 7.15. The second-order valence-electron chi connectivity index (χ2n) is 7.32. The van der Waals surface area contributed by atoms with Gasteiger partial charge in [-0.1, -0.05) is 22.8 Å². The van der Waals surface area contributed by atoms with Crippen molar-refractivity contribution in [1.29, 1.82) is 0 Å². The Morgan fingerprint density at radius 2 is 2.09 bits per heavy atom. The minimum atomic E-state index is -0.915. The van der Waals surface area contributed by atoms with Crippen molar-refractivity contribution in [3.8, 4) is 11.4 Å². The summed E-state index contributed by atoms with van der Waals surface area (Å²) >= 11 is 6.08. The van der Waals surface area contributed by atoms with Crippen LogP contribution >= 0.6 is 11.6 Å². The lowest BCUT2D eigenvalue weighted by atomic mass is 9.80. The van der Waals surface area contributed by atoms with E-state index in [9.17, 15) is 13.6 Å². The molecule has 4 aromatic rings. The first-order valence-electron chi connectivity index (χ1n) is 9.45. The molecular weight excluding hydrogens is 442 g/mol. The number of carbonyl (C=O) groups is 1. The van der Waals surface area contributed by atoms with Gasteiger partial charge >= 0.3 is 0 Å².